The van der Waals surface area contributed by atoms with Crippen molar-refractivity contribution in [2.24, 2.45) is 0 Å². The predicted molar refractivity (Wildman–Crippen MR) is 95.2 cm³/mol. The largest absolute Gasteiger partial charge is 0.352 e. The van der Waals surface area contributed by atoms with Crippen LogP contribution in [0.4, 0.5) is 0 Å². The summed E-state index contributed by atoms with van der Waals surface area (Å²) < 4.78 is 0. The van der Waals surface area contributed by atoms with Crippen LogP contribution in [-0.4, -0.2) is 27.4 Å². The number of thiazole rings is 1. The van der Waals surface area contributed by atoms with Gasteiger partial charge in [-0.3, -0.25) is 9.78 Å². The molecule has 0 saturated carbocycles. The van der Waals surface area contributed by atoms with E-state index in [0.29, 0.717) is 17.3 Å². The van der Waals surface area contributed by atoms with E-state index in [1.165, 1.54) is 6.20 Å². The Bertz CT molecular complexity index is 822. The summed E-state index contributed by atoms with van der Waals surface area (Å²) in [6, 6.07) is 7.08. The Morgan fingerprint density at radius 1 is 1.21 bits per heavy atom. The summed E-state index contributed by atoms with van der Waals surface area (Å²) in [5.41, 5.74) is 2.55. The van der Waals surface area contributed by atoms with Gasteiger partial charge in [-0.15, -0.1) is 11.3 Å². The smallest absolute Gasteiger partial charge is 0.251 e. The molecule has 122 valence electrons. The molecule has 3 rings (SSSR count). The maximum Gasteiger partial charge on any atom is 0.251 e. The van der Waals surface area contributed by atoms with Crippen LogP contribution in [0, 0.1) is 0 Å². The fourth-order valence-electron chi connectivity index (χ4n) is 2.17. The molecule has 0 saturated heterocycles. The molecule has 3 aromatic rings. The molecule has 0 aliphatic rings. The third kappa shape index (κ3) is 4.37. The van der Waals surface area contributed by atoms with Gasteiger partial charge in [0, 0.05) is 48.1 Å². The molecule has 0 bridgehead atoms. The molecule has 3 aromatic heterocycles. The lowest BCUT2D eigenvalue weighted by molar-refractivity contribution is 0.0953. The highest BCUT2D eigenvalue weighted by atomic mass is 35.5. The number of aromatic nitrogens is 3. The molecule has 0 radical (unpaired) electrons. The second-order valence-corrected chi connectivity index (χ2v) is 6.42. The Morgan fingerprint density at radius 3 is 2.83 bits per heavy atom. The fraction of sp³-hybridized carbons (Fsp3) is 0.176. The van der Waals surface area contributed by atoms with E-state index in [2.05, 4.69) is 20.3 Å². The molecule has 7 heteroatoms. The summed E-state index contributed by atoms with van der Waals surface area (Å²) in [4.78, 5) is 24.5. The Morgan fingerprint density at radius 2 is 2.04 bits per heavy atom. The average Bonchev–Trinajstić information content (AvgIpc) is 3.08. The molecule has 3 heterocycles. The first kappa shape index (κ1) is 16.5. The standard InChI is InChI=1S/C17H15ClN4OS/c18-15-10-13(5-9-20-15)17(23)21-6-1-2-16-22-14(11-24-16)12-3-7-19-8-4-12/h3-5,7-11H,1-2,6H2,(H,21,23). The first-order valence-corrected chi connectivity index (χ1v) is 8.73. The van der Waals surface area contributed by atoms with Crippen LogP contribution in [0.5, 0.6) is 0 Å². The molecule has 0 fully saturated rings. The quantitative estimate of drug-likeness (QED) is 0.540. The Kier molecular flexibility index (Phi) is 5.51. The first-order chi connectivity index (χ1) is 11.7. The van der Waals surface area contributed by atoms with Gasteiger partial charge in [0.25, 0.3) is 5.91 Å². The summed E-state index contributed by atoms with van der Waals surface area (Å²) >= 11 is 7.41. The van der Waals surface area contributed by atoms with E-state index in [4.69, 9.17) is 11.6 Å². The van der Waals surface area contributed by atoms with Gasteiger partial charge in [-0.05, 0) is 30.7 Å². The monoisotopic (exact) mass is 358 g/mol. The Hall–Kier alpha value is -2.31. The van der Waals surface area contributed by atoms with Crippen LogP contribution >= 0.6 is 22.9 Å². The molecule has 0 atom stereocenters. The number of hydrogen-bond acceptors (Lipinski definition) is 5. The van der Waals surface area contributed by atoms with E-state index in [0.717, 1.165) is 29.1 Å². The highest BCUT2D eigenvalue weighted by molar-refractivity contribution is 7.09. The molecule has 5 nitrogen and oxygen atoms in total. The topological polar surface area (TPSA) is 67.8 Å². The van der Waals surface area contributed by atoms with Crippen LogP contribution in [0.25, 0.3) is 11.3 Å². The van der Waals surface area contributed by atoms with Gasteiger partial charge in [0.2, 0.25) is 0 Å². The highest BCUT2D eigenvalue weighted by Gasteiger charge is 2.07. The molecule has 0 aromatic carbocycles. The molecule has 24 heavy (non-hydrogen) atoms. The van der Waals surface area contributed by atoms with E-state index >= 15 is 0 Å². The third-order valence-corrected chi connectivity index (χ3v) is 4.48. The van der Waals surface area contributed by atoms with Gasteiger partial charge in [0.05, 0.1) is 10.7 Å². The normalized spacial score (nSPS) is 10.5. The lowest BCUT2D eigenvalue weighted by Crippen LogP contribution is -2.24. The zero-order valence-corrected chi connectivity index (χ0v) is 14.3. The molecule has 0 aliphatic heterocycles. The van der Waals surface area contributed by atoms with Crippen LogP contribution in [0.1, 0.15) is 21.8 Å². The van der Waals surface area contributed by atoms with Crippen molar-refractivity contribution in [3.63, 3.8) is 0 Å². The number of nitrogens with one attached hydrogen (secondary N) is 1. The van der Waals surface area contributed by atoms with Crippen molar-refractivity contribution in [3.8, 4) is 11.3 Å². The number of nitrogens with zero attached hydrogens (tertiary/aromatic N) is 3. The number of rotatable bonds is 6. The van der Waals surface area contributed by atoms with E-state index in [-0.39, 0.29) is 5.91 Å². The van der Waals surface area contributed by atoms with Crippen LogP contribution in [-0.2, 0) is 6.42 Å². The molecule has 0 aliphatic carbocycles. The Labute approximate surface area is 148 Å². The first-order valence-electron chi connectivity index (χ1n) is 7.47. The third-order valence-electron chi connectivity index (χ3n) is 3.37. The number of halogens is 1. The van der Waals surface area contributed by atoms with Crippen molar-refractivity contribution in [1.82, 2.24) is 20.3 Å². The summed E-state index contributed by atoms with van der Waals surface area (Å²) in [5.74, 6) is -0.143. The average molecular weight is 359 g/mol. The fourth-order valence-corrected chi connectivity index (χ4v) is 3.19. The number of aryl methyl sites for hydroxylation is 1. The summed E-state index contributed by atoms with van der Waals surface area (Å²) in [5, 5.41) is 6.29. The summed E-state index contributed by atoms with van der Waals surface area (Å²) in [7, 11) is 0. The number of hydrogen-bond donors (Lipinski definition) is 1. The van der Waals surface area contributed by atoms with Crippen molar-refractivity contribution in [3.05, 3.63) is 64.0 Å². The molecule has 1 N–H and O–H groups in total. The zero-order chi connectivity index (χ0) is 16.8. The van der Waals surface area contributed by atoms with Crippen LogP contribution in [0.2, 0.25) is 5.15 Å². The molecule has 0 unspecified atom stereocenters. The van der Waals surface area contributed by atoms with E-state index in [1.54, 1.807) is 35.9 Å². The van der Waals surface area contributed by atoms with Crippen molar-refractivity contribution in [2.45, 2.75) is 12.8 Å². The zero-order valence-electron chi connectivity index (χ0n) is 12.8. The van der Waals surface area contributed by atoms with Gasteiger partial charge in [0.1, 0.15) is 5.15 Å². The lowest BCUT2D eigenvalue weighted by atomic mass is 10.2. The Balaban J connectivity index is 1.47. The minimum absolute atomic E-state index is 0.143. The second-order valence-electron chi connectivity index (χ2n) is 5.09. The van der Waals surface area contributed by atoms with E-state index in [1.807, 2.05) is 17.5 Å². The number of pyridine rings is 2. The van der Waals surface area contributed by atoms with Crippen molar-refractivity contribution in [2.75, 3.05) is 6.54 Å². The van der Waals surface area contributed by atoms with Gasteiger partial charge >= 0.3 is 0 Å². The van der Waals surface area contributed by atoms with Gasteiger partial charge in [-0.1, -0.05) is 11.6 Å². The SMILES string of the molecule is O=C(NCCCc1nc(-c2ccncc2)cs1)c1ccnc(Cl)c1. The van der Waals surface area contributed by atoms with Crippen LogP contribution in [0.15, 0.2) is 48.2 Å². The van der Waals surface area contributed by atoms with Crippen LogP contribution in [0.3, 0.4) is 0 Å². The van der Waals surface area contributed by atoms with Gasteiger partial charge < -0.3 is 5.32 Å². The lowest BCUT2D eigenvalue weighted by Gasteiger charge is -2.04. The summed E-state index contributed by atoms with van der Waals surface area (Å²) in [6.45, 7) is 0.586. The van der Waals surface area contributed by atoms with E-state index in [9.17, 15) is 4.79 Å². The highest BCUT2D eigenvalue weighted by Crippen LogP contribution is 2.21. The minimum atomic E-state index is -0.143. The van der Waals surface area contributed by atoms with Gasteiger partial charge in [-0.25, -0.2) is 9.97 Å². The second kappa shape index (κ2) is 7.99. The molecular weight excluding hydrogens is 344 g/mol. The van der Waals surface area contributed by atoms with Crippen LogP contribution < -0.4 is 5.32 Å². The van der Waals surface area contributed by atoms with Gasteiger partial charge in [-0.2, -0.15) is 0 Å². The summed E-state index contributed by atoms with van der Waals surface area (Å²) in [6.07, 6.45) is 6.69. The minimum Gasteiger partial charge on any atom is -0.352 e. The maximum atomic E-state index is 12.0. The molecular formula is C17H15ClN4OS. The van der Waals surface area contributed by atoms with Crippen molar-refractivity contribution < 1.29 is 4.79 Å². The number of carbonyl (C=O) groups is 1. The predicted octanol–water partition coefficient (Wildman–Crippen LogP) is 3.62. The molecule has 0 spiro atoms. The van der Waals surface area contributed by atoms with Crippen molar-refractivity contribution >= 4 is 28.8 Å². The maximum absolute atomic E-state index is 12.0. The van der Waals surface area contributed by atoms with Crippen molar-refractivity contribution in [1.29, 1.82) is 0 Å². The van der Waals surface area contributed by atoms with Gasteiger partial charge in [0.15, 0.2) is 0 Å². The molecule has 1 amide bonds. The number of amides is 1. The number of carbonyl (C=O) groups excluding carboxylic acids is 1. The van der Waals surface area contributed by atoms with E-state index < -0.39 is 0 Å².